The van der Waals surface area contributed by atoms with Crippen LogP contribution in [0.3, 0.4) is 0 Å². The molecular weight excluding hydrogens is 376 g/mol. The molecule has 31 heavy (non-hydrogen) atoms. The molecule has 0 radical (unpaired) electrons. The monoisotopic (exact) mass is 405 g/mol. The molecule has 6 aromatic rings. The molecular formula is C29H29N2+. The first kappa shape index (κ1) is 18.6. The third kappa shape index (κ3) is 2.15. The van der Waals surface area contributed by atoms with Crippen LogP contribution in [0.25, 0.3) is 49.0 Å². The van der Waals surface area contributed by atoms with Crippen LogP contribution in [0.15, 0.2) is 42.6 Å². The van der Waals surface area contributed by atoms with Crippen molar-refractivity contribution in [3.8, 4) is 0 Å². The summed E-state index contributed by atoms with van der Waals surface area (Å²) in [6.45, 7) is 13.7. The Bertz CT molecular complexity index is 1700. The Balaban J connectivity index is 2.17. The van der Waals surface area contributed by atoms with Crippen LogP contribution in [0, 0.1) is 27.7 Å². The van der Waals surface area contributed by atoms with Gasteiger partial charge in [-0.25, -0.2) is 4.57 Å². The fourth-order valence-corrected chi connectivity index (χ4v) is 5.94. The minimum atomic E-state index is 0.462. The molecule has 0 bridgehead atoms. The molecule has 0 N–H and O–H groups in total. The van der Waals surface area contributed by atoms with E-state index in [-0.39, 0.29) is 0 Å². The van der Waals surface area contributed by atoms with Gasteiger partial charge in [0.15, 0.2) is 6.20 Å². The maximum absolute atomic E-state index is 2.60. The van der Waals surface area contributed by atoms with Crippen molar-refractivity contribution < 1.29 is 4.57 Å². The van der Waals surface area contributed by atoms with Gasteiger partial charge >= 0.3 is 0 Å². The van der Waals surface area contributed by atoms with Crippen LogP contribution in [-0.2, 0) is 7.05 Å². The molecule has 0 aliphatic carbocycles. The largest absolute Gasteiger partial charge is 0.307 e. The summed E-state index contributed by atoms with van der Waals surface area (Å²) in [5, 5.41) is 6.92. The summed E-state index contributed by atoms with van der Waals surface area (Å²) in [4.78, 5) is 0. The molecule has 0 saturated carbocycles. The lowest BCUT2D eigenvalue weighted by atomic mass is 9.91. The number of aromatic nitrogens is 2. The predicted molar refractivity (Wildman–Crippen MR) is 133 cm³/mol. The van der Waals surface area contributed by atoms with Gasteiger partial charge in [-0.3, -0.25) is 0 Å². The molecule has 0 amide bonds. The minimum absolute atomic E-state index is 0.462. The van der Waals surface area contributed by atoms with Gasteiger partial charge in [0.05, 0.1) is 27.3 Å². The van der Waals surface area contributed by atoms with Crippen molar-refractivity contribution in [2.24, 2.45) is 7.05 Å². The third-order valence-electron chi connectivity index (χ3n) is 7.48. The molecule has 2 heteroatoms. The minimum Gasteiger partial charge on any atom is -0.307 e. The molecule has 0 atom stereocenters. The number of pyridine rings is 2. The number of benzene rings is 3. The van der Waals surface area contributed by atoms with Crippen LogP contribution in [0.1, 0.15) is 47.6 Å². The van der Waals surface area contributed by atoms with E-state index in [2.05, 4.69) is 100 Å². The van der Waals surface area contributed by atoms with Crippen LogP contribution in [0.4, 0.5) is 0 Å². The molecule has 0 unspecified atom stereocenters. The number of nitrogens with zero attached hydrogens (tertiary/aromatic N) is 2. The Morgan fingerprint density at radius 3 is 2.29 bits per heavy atom. The number of hydrogen-bond acceptors (Lipinski definition) is 0. The Labute approximate surface area is 183 Å². The van der Waals surface area contributed by atoms with E-state index in [4.69, 9.17) is 0 Å². The highest BCUT2D eigenvalue weighted by Gasteiger charge is 2.27. The van der Waals surface area contributed by atoms with Crippen molar-refractivity contribution >= 4 is 49.0 Å². The molecule has 0 spiro atoms. The van der Waals surface area contributed by atoms with Crippen LogP contribution >= 0.6 is 0 Å². The van der Waals surface area contributed by atoms with Crippen molar-refractivity contribution in [1.29, 1.82) is 0 Å². The first-order valence-corrected chi connectivity index (χ1v) is 11.3. The van der Waals surface area contributed by atoms with Gasteiger partial charge in [-0.1, -0.05) is 38.1 Å². The molecule has 0 aliphatic rings. The third-order valence-corrected chi connectivity index (χ3v) is 7.48. The summed E-state index contributed by atoms with van der Waals surface area (Å²) < 4.78 is 4.92. The van der Waals surface area contributed by atoms with Gasteiger partial charge in [0, 0.05) is 16.8 Å². The highest BCUT2D eigenvalue weighted by atomic mass is 15.0. The summed E-state index contributed by atoms with van der Waals surface area (Å²) in [7, 11) is 2.20. The Morgan fingerprint density at radius 1 is 0.774 bits per heavy atom. The molecule has 2 nitrogen and oxygen atoms in total. The van der Waals surface area contributed by atoms with E-state index in [0.29, 0.717) is 5.92 Å². The molecule has 6 rings (SSSR count). The van der Waals surface area contributed by atoms with Gasteiger partial charge in [-0.15, -0.1) is 0 Å². The van der Waals surface area contributed by atoms with E-state index >= 15 is 0 Å². The van der Waals surface area contributed by atoms with Crippen molar-refractivity contribution in [1.82, 2.24) is 4.40 Å². The second-order valence-corrected chi connectivity index (χ2v) is 9.75. The van der Waals surface area contributed by atoms with Gasteiger partial charge in [0.2, 0.25) is 5.52 Å². The predicted octanol–water partition coefficient (Wildman–Crippen LogP) is 7.17. The second kappa shape index (κ2) is 5.97. The Kier molecular flexibility index (Phi) is 3.59. The summed E-state index contributed by atoms with van der Waals surface area (Å²) >= 11 is 0. The van der Waals surface area contributed by atoms with E-state index in [1.807, 2.05) is 0 Å². The molecule has 3 heterocycles. The zero-order valence-corrected chi connectivity index (χ0v) is 19.5. The van der Waals surface area contributed by atoms with E-state index in [0.717, 1.165) is 0 Å². The average Bonchev–Trinajstić information content (AvgIpc) is 3.08. The summed E-state index contributed by atoms with van der Waals surface area (Å²) in [6.07, 6.45) is 2.23. The number of rotatable bonds is 1. The molecule has 3 aromatic heterocycles. The Hall–Kier alpha value is -3.13. The normalized spacial score (nSPS) is 12.6. The summed E-state index contributed by atoms with van der Waals surface area (Å²) in [6, 6.07) is 13.9. The maximum atomic E-state index is 2.60. The first-order valence-electron chi connectivity index (χ1n) is 11.3. The number of aryl methyl sites for hydroxylation is 5. The van der Waals surface area contributed by atoms with Crippen LogP contribution in [-0.4, -0.2) is 4.40 Å². The second-order valence-electron chi connectivity index (χ2n) is 9.75. The molecule has 0 aliphatic heterocycles. The summed E-state index contributed by atoms with van der Waals surface area (Å²) in [5.41, 5.74) is 12.3. The molecule has 3 aromatic carbocycles. The standard InChI is InChI=1S/C29H29N2/c1-15(2)22-14-20-11-12-30(7)28-23-19(6)17(4)13-18(5)27(23)31-26-16(3)9-8-10-21(26)25(22)29(31)24(20)28/h8-15H,1-7H3/q+1. The number of hydrogen-bond donors (Lipinski definition) is 0. The molecule has 154 valence electrons. The fourth-order valence-electron chi connectivity index (χ4n) is 5.94. The lowest BCUT2D eigenvalue weighted by molar-refractivity contribution is -0.643. The van der Waals surface area contributed by atoms with Crippen molar-refractivity contribution in [3.05, 3.63) is 70.4 Å². The van der Waals surface area contributed by atoms with Crippen LogP contribution in [0.2, 0.25) is 0 Å². The zero-order valence-electron chi connectivity index (χ0n) is 19.5. The lowest BCUT2D eigenvalue weighted by Gasteiger charge is -2.18. The zero-order chi connectivity index (χ0) is 21.8. The highest BCUT2D eigenvalue weighted by molar-refractivity contribution is 6.28. The van der Waals surface area contributed by atoms with E-state index in [1.165, 1.54) is 76.8 Å². The number of para-hydroxylation sites is 1. The SMILES string of the molecule is Cc1cc(C)c2c(c1C)c1c3c(cc[n+]1C)cc(C(C)C)c1c4cccc(C)c4n2c13. The van der Waals surface area contributed by atoms with Crippen molar-refractivity contribution in [2.45, 2.75) is 47.5 Å². The van der Waals surface area contributed by atoms with Crippen LogP contribution in [0.5, 0.6) is 0 Å². The van der Waals surface area contributed by atoms with Crippen molar-refractivity contribution in [2.75, 3.05) is 0 Å². The topological polar surface area (TPSA) is 8.29 Å². The fraction of sp³-hybridized carbons (Fsp3) is 0.276. The maximum Gasteiger partial charge on any atom is 0.224 e. The number of fused-ring (bicyclic) bond motifs is 6. The molecule has 0 fully saturated rings. The first-order chi connectivity index (χ1) is 14.8. The van der Waals surface area contributed by atoms with Gasteiger partial charge in [0.1, 0.15) is 7.05 Å². The summed E-state index contributed by atoms with van der Waals surface area (Å²) in [5.74, 6) is 0.462. The van der Waals surface area contributed by atoms with Crippen LogP contribution < -0.4 is 4.57 Å². The van der Waals surface area contributed by atoms with Crippen molar-refractivity contribution in [3.63, 3.8) is 0 Å². The Morgan fingerprint density at radius 2 is 1.55 bits per heavy atom. The highest BCUT2D eigenvalue weighted by Crippen LogP contribution is 2.45. The van der Waals surface area contributed by atoms with E-state index in [1.54, 1.807) is 0 Å². The molecule has 0 saturated heterocycles. The smallest absolute Gasteiger partial charge is 0.224 e. The van der Waals surface area contributed by atoms with Gasteiger partial charge < -0.3 is 4.40 Å². The quantitative estimate of drug-likeness (QED) is 0.156. The van der Waals surface area contributed by atoms with E-state index < -0.39 is 0 Å². The van der Waals surface area contributed by atoms with E-state index in [9.17, 15) is 0 Å². The van der Waals surface area contributed by atoms with Gasteiger partial charge in [-0.05, 0) is 72.9 Å². The van der Waals surface area contributed by atoms with Gasteiger partial charge in [0.25, 0.3) is 0 Å². The van der Waals surface area contributed by atoms with Gasteiger partial charge in [-0.2, -0.15) is 0 Å². The lowest BCUT2D eigenvalue weighted by Crippen LogP contribution is -2.29. The average molecular weight is 406 g/mol.